The highest BCUT2D eigenvalue weighted by Gasteiger charge is 2.14. The maximum Gasteiger partial charge on any atom is 0.340 e. The highest BCUT2D eigenvalue weighted by Crippen LogP contribution is 2.26. The summed E-state index contributed by atoms with van der Waals surface area (Å²) < 4.78 is 23.6. The Labute approximate surface area is 115 Å². The molecular weight excluding hydrogens is 261 g/mol. The average molecular weight is 275 g/mol. The van der Waals surface area contributed by atoms with E-state index in [9.17, 15) is 9.18 Å². The SMILES string of the molecule is COC(=O)c1cccc(OCc2ccccc2F)c1N. The molecule has 0 fully saturated rings. The van der Waals surface area contributed by atoms with E-state index in [0.29, 0.717) is 11.3 Å². The molecule has 0 aliphatic rings. The van der Waals surface area contributed by atoms with Crippen LogP contribution in [0.1, 0.15) is 15.9 Å². The van der Waals surface area contributed by atoms with E-state index in [2.05, 4.69) is 4.74 Å². The molecule has 0 bridgehead atoms. The zero-order valence-corrected chi connectivity index (χ0v) is 10.9. The Morgan fingerprint density at radius 3 is 2.65 bits per heavy atom. The van der Waals surface area contributed by atoms with Gasteiger partial charge in [-0.1, -0.05) is 24.3 Å². The van der Waals surface area contributed by atoms with E-state index < -0.39 is 5.97 Å². The Balaban J connectivity index is 2.18. The van der Waals surface area contributed by atoms with Crippen molar-refractivity contribution >= 4 is 11.7 Å². The first kappa shape index (κ1) is 13.9. The molecule has 4 nitrogen and oxygen atoms in total. The number of benzene rings is 2. The number of hydrogen-bond donors (Lipinski definition) is 1. The van der Waals surface area contributed by atoms with Crippen molar-refractivity contribution in [3.63, 3.8) is 0 Å². The summed E-state index contributed by atoms with van der Waals surface area (Å²) in [5.74, 6) is -0.579. The van der Waals surface area contributed by atoms with Crippen LogP contribution in [0.25, 0.3) is 0 Å². The number of nitrogen functional groups attached to an aromatic ring is 1. The normalized spacial score (nSPS) is 10.1. The Morgan fingerprint density at radius 1 is 1.20 bits per heavy atom. The zero-order chi connectivity index (χ0) is 14.5. The minimum Gasteiger partial charge on any atom is -0.487 e. The number of methoxy groups -OCH3 is 1. The van der Waals surface area contributed by atoms with Crippen molar-refractivity contribution in [1.82, 2.24) is 0 Å². The number of halogens is 1. The fourth-order valence-corrected chi connectivity index (χ4v) is 1.73. The highest BCUT2D eigenvalue weighted by molar-refractivity contribution is 5.96. The van der Waals surface area contributed by atoms with E-state index in [0.717, 1.165) is 0 Å². The second kappa shape index (κ2) is 6.06. The third-order valence-corrected chi connectivity index (χ3v) is 2.81. The highest BCUT2D eigenvalue weighted by atomic mass is 19.1. The van der Waals surface area contributed by atoms with Gasteiger partial charge >= 0.3 is 5.97 Å². The number of carbonyl (C=O) groups is 1. The summed E-state index contributed by atoms with van der Waals surface area (Å²) in [6.45, 7) is 0.0293. The molecule has 2 rings (SSSR count). The molecule has 0 saturated heterocycles. The van der Waals surface area contributed by atoms with Crippen LogP contribution in [-0.2, 0) is 11.3 Å². The van der Waals surface area contributed by atoms with Crippen LogP contribution < -0.4 is 10.5 Å². The summed E-state index contributed by atoms with van der Waals surface area (Å²) in [5, 5.41) is 0. The van der Waals surface area contributed by atoms with Crippen LogP contribution in [0, 0.1) is 5.82 Å². The summed E-state index contributed by atoms with van der Waals surface area (Å²) in [4.78, 5) is 11.5. The van der Waals surface area contributed by atoms with Crippen LogP contribution in [0.2, 0.25) is 0 Å². The Kier molecular flexibility index (Phi) is 4.20. The van der Waals surface area contributed by atoms with E-state index >= 15 is 0 Å². The number of para-hydroxylation sites is 1. The van der Waals surface area contributed by atoms with Crippen molar-refractivity contribution in [3.05, 3.63) is 59.4 Å². The lowest BCUT2D eigenvalue weighted by atomic mass is 10.1. The monoisotopic (exact) mass is 275 g/mol. The minimum absolute atomic E-state index is 0.0293. The van der Waals surface area contributed by atoms with Gasteiger partial charge in [-0.25, -0.2) is 9.18 Å². The van der Waals surface area contributed by atoms with Crippen LogP contribution in [0.5, 0.6) is 5.75 Å². The van der Waals surface area contributed by atoms with Crippen molar-refractivity contribution in [1.29, 1.82) is 0 Å². The lowest BCUT2D eigenvalue weighted by molar-refractivity contribution is 0.0601. The second-order valence-electron chi connectivity index (χ2n) is 4.09. The lowest BCUT2D eigenvalue weighted by Crippen LogP contribution is -2.08. The predicted octanol–water partition coefficient (Wildman–Crippen LogP) is 2.77. The van der Waals surface area contributed by atoms with Gasteiger partial charge in [-0.3, -0.25) is 0 Å². The van der Waals surface area contributed by atoms with Crippen molar-refractivity contribution in [2.45, 2.75) is 6.61 Å². The van der Waals surface area contributed by atoms with Gasteiger partial charge in [-0.15, -0.1) is 0 Å². The summed E-state index contributed by atoms with van der Waals surface area (Å²) in [6.07, 6.45) is 0. The van der Waals surface area contributed by atoms with Gasteiger partial charge in [0.1, 0.15) is 18.2 Å². The predicted molar refractivity (Wildman–Crippen MR) is 72.9 cm³/mol. The van der Waals surface area contributed by atoms with Crippen molar-refractivity contribution in [2.75, 3.05) is 12.8 Å². The number of carbonyl (C=O) groups excluding carboxylic acids is 1. The molecule has 0 amide bonds. The molecule has 2 aromatic rings. The fraction of sp³-hybridized carbons (Fsp3) is 0.133. The van der Waals surface area contributed by atoms with Gasteiger partial charge in [-0.2, -0.15) is 0 Å². The fourth-order valence-electron chi connectivity index (χ4n) is 1.73. The summed E-state index contributed by atoms with van der Waals surface area (Å²) in [7, 11) is 1.27. The first-order valence-corrected chi connectivity index (χ1v) is 5.96. The Bertz CT molecular complexity index is 628. The van der Waals surface area contributed by atoms with Gasteiger partial charge in [0.05, 0.1) is 18.4 Å². The van der Waals surface area contributed by atoms with Gasteiger partial charge in [0.25, 0.3) is 0 Å². The molecule has 0 radical (unpaired) electrons. The first-order chi connectivity index (χ1) is 9.63. The number of esters is 1. The minimum atomic E-state index is -0.543. The number of rotatable bonds is 4. The Morgan fingerprint density at radius 2 is 1.95 bits per heavy atom. The van der Waals surface area contributed by atoms with Crippen molar-refractivity contribution in [3.8, 4) is 5.75 Å². The third-order valence-electron chi connectivity index (χ3n) is 2.81. The molecule has 20 heavy (non-hydrogen) atoms. The molecule has 0 spiro atoms. The van der Waals surface area contributed by atoms with E-state index in [4.69, 9.17) is 10.5 Å². The van der Waals surface area contributed by atoms with Gasteiger partial charge in [0.2, 0.25) is 0 Å². The largest absolute Gasteiger partial charge is 0.487 e. The summed E-state index contributed by atoms with van der Waals surface area (Å²) >= 11 is 0. The molecule has 5 heteroatoms. The van der Waals surface area contributed by atoms with Gasteiger partial charge in [-0.05, 0) is 18.2 Å². The van der Waals surface area contributed by atoms with E-state index in [1.54, 1.807) is 30.3 Å². The van der Waals surface area contributed by atoms with Crippen LogP contribution in [0.3, 0.4) is 0 Å². The molecule has 2 N–H and O–H groups in total. The maximum absolute atomic E-state index is 13.5. The number of hydrogen-bond acceptors (Lipinski definition) is 4. The Hall–Kier alpha value is -2.56. The molecular formula is C15H14FNO3. The first-order valence-electron chi connectivity index (χ1n) is 5.96. The van der Waals surface area contributed by atoms with E-state index in [1.165, 1.54) is 19.2 Å². The van der Waals surface area contributed by atoms with Crippen molar-refractivity contribution in [2.24, 2.45) is 0 Å². The zero-order valence-electron chi connectivity index (χ0n) is 10.9. The number of nitrogens with two attached hydrogens (primary N) is 1. The third kappa shape index (κ3) is 2.88. The molecule has 0 aliphatic carbocycles. The van der Waals surface area contributed by atoms with Crippen LogP contribution in [0.15, 0.2) is 42.5 Å². The summed E-state index contributed by atoms with van der Waals surface area (Å²) in [6, 6.07) is 11.1. The maximum atomic E-state index is 13.5. The van der Waals surface area contributed by atoms with Crippen LogP contribution in [-0.4, -0.2) is 13.1 Å². The second-order valence-corrected chi connectivity index (χ2v) is 4.09. The van der Waals surface area contributed by atoms with E-state index in [1.807, 2.05) is 0 Å². The molecule has 0 saturated carbocycles. The van der Waals surface area contributed by atoms with Crippen LogP contribution in [0.4, 0.5) is 10.1 Å². The van der Waals surface area contributed by atoms with E-state index in [-0.39, 0.29) is 23.7 Å². The molecule has 0 unspecified atom stereocenters. The summed E-state index contributed by atoms with van der Waals surface area (Å²) in [5.41, 5.74) is 6.65. The molecule has 0 heterocycles. The number of anilines is 1. The van der Waals surface area contributed by atoms with Gasteiger partial charge in [0, 0.05) is 5.56 Å². The average Bonchev–Trinajstić information content (AvgIpc) is 2.47. The topological polar surface area (TPSA) is 61.5 Å². The smallest absolute Gasteiger partial charge is 0.340 e. The number of ether oxygens (including phenoxy) is 2. The molecule has 2 aromatic carbocycles. The van der Waals surface area contributed by atoms with Crippen molar-refractivity contribution < 1.29 is 18.7 Å². The molecule has 0 aromatic heterocycles. The standard InChI is InChI=1S/C15H14FNO3/c1-19-15(18)11-6-4-8-13(14(11)17)20-9-10-5-2-3-7-12(10)16/h2-8H,9,17H2,1H3. The quantitative estimate of drug-likeness (QED) is 0.688. The van der Waals surface area contributed by atoms with Crippen LogP contribution >= 0.6 is 0 Å². The molecule has 0 aliphatic heterocycles. The van der Waals surface area contributed by atoms with Gasteiger partial charge < -0.3 is 15.2 Å². The van der Waals surface area contributed by atoms with Gasteiger partial charge in [0.15, 0.2) is 0 Å². The lowest BCUT2D eigenvalue weighted by Gasteiger charge is -2.11. The molecule has 0 atom stereocenters. The molecule has 104 valence electrons.